The molecular weight excluding hydrogens is 433 g/mol. The minimum atomic E-state index is -4.50. The molecule has 30 heavy (non-hydrogen) atoms. The highest BCUT2D eigenvalue weighted by atomic mass is 32.2. The fourth-order valence-electron chi connectivity index (χ4n) is 3.31. The maximum Gasteiger partial charge on any atom is 0.418 e. The van der Waals surface area contributed by atoms with Crippen LogP contribution in [0.4, 0.5) is 13.2 Å². The average molecular weight is 447 g/mol. The Bertz CT molecular complexity index is 1270. The maximum absolute atomic E-state index is 13.4. The normalized spacial score (nSPS) is 13.0. The van der Waals surface area contributed by atoms with E-state index in [-0.39, 0.29) is 11.3 Å². The Morgan fingerprint density at radius 2 is 1.87 bits per heavy atom. The summed E-state index contributed by atoms with van der Waals surface area (Å²) in [6.07, 6.45) is -1.43. The fourth-order valence-corrected chi connectivity index (χ4v) is 4.80. The van der Waals surface area contributed by atoms with Crippen LogP contribution >= 0.6 is 11.3 Å². The second-order valence-electron chi connectivity index (χ2n) is 6.69. The van der Waals surface area contributed by atoms with E-state index in [0.717, 1.165) is 22.1 Å². The number of aromatic nitrogens is 2. The molecule has 0 fully saturated rings. The molecule has 2 aromatic carbocycles. The van der Waals surface area contributed by atoms with E-state index in [1.54, 1.807) is 37.4 Å². The minimum absolute atomic E-state index is 0.0895. The van der Waals surface area contributed by atoms with Gasteiger partial charge in [-0.3, -0.25) is 9.19 Å². The molecule has 9 heteroatoms. The zero-order valence-corrected chi connectivity index (χ0v) is 17.2. The topological polar surface area (TPSA) is 65.9 Å². The number of thiazole rings is 1. The number of hydrogen-bond donors (Lipinski definition) is 0. The van der Waals surface area contributed by atoms with Crippen LogP contribution in [0.2, 0.25) is 0 Å². The molecule has 154 valence electrons. The van der Waals surface area contributed by atoms with Gasteiger partial charge in [0.05, 0.1) is 16.0 Å². The van der Waals surface area contributed by atoms with Gasteiger partial charge in [0.2, 0.25) is 0 Å². The zero-order chi connectivity index (χ0) is 21.5. The van der Waals surface area contributed by atoms with E-state index in [1.165, 1.54) is 23.6 Å². The summed E-state index contributed by atoms with van der Waals surface area (Å²) in [6.45, 7) is 1.79. The number of fused-ring (bicyclic) bond motifs is 1. The molecule has 0 N–H and O–H groups in total. The smallest absolute Gasteiger partial charge is 0.418 e. The van der Waals surface area contributed by atoms with Crippen molar-refractivity contribution in [2.45, 2.75) is 18.9 Å². The van der Waals surface area contributed by atoms with Crippen molar-refractivity contribution in [1.29, 1.82) is 0 Å². The van der Waals surface area contributed by atoms with Crippen LogP contribution in [0.1, 0.15) is 16.7 Å². The monoisotopic (exact) mass is 447 g/mol. The molecule has 2 heterocycles. The van der Waals surface area contributed by atoms with Crippen molar-refractivity contribution in [2.24, 2.45) is 0 Å². The Morgan fingerprint density at radius 3 is 2.60 bits per heavy atom. The first-order chi connectivity index (χ1) is 14.2. The molecule has 0 aliphatic rings. The molecule has 1 unspecified atom stereocenters. The van der Waals surface area contributed by atoms with Crippen molar-refractivity contribution in [3.8, 4) is 21.0 Å². The van der Waals surface area contributed by atoms with Crippen LogP contribution in [0.5, 0.6) is 0 Å². The zero-order valence-electron chi connectivity index (χ0n) is 15.6. The van der Waals surface area contributed by atoms with Crippen LogP contribution < -0.4 is 0 Å². The number of alkyl halides is 3. The van der Waals surface area contributed by atoms with E-state index < -0.39 is 22.8 Å². The molecule has 0 bridgehead atoms. The van der Waals surface area contributed by atoms with Gasteiger partial charge in [-0.2, -0.15) is 13.2 Å². The average Bonchev–Trinajstić information content (AvgIpc) is 3.16. The molecule has 0 aliphatic carbocycles. The lowest BCUT2D eigenvalue weighted by atomic mass is 10.0. The third-order valence-electron chi connectivity index (χ3n) is 4.61. The Kier molecular flexibility index (Phi) is 5.44. The van der Waals surface area contributed by atoms with Crippen LogP contribution in [-0.4, -0.2) is 18.7 Å². The predicted octanol–water partition coefficient (Wildman–Crippen LogP) is 5.73. The number of para-hydroxylation sites is 1. The Balaban J connectivity index is 1.83. The molecule has 0 amide bonds. The summed E-state index contributed by atoms with van der Waals surface area (Å²) in [4.78, 5) is 9.27. The van der Waals surface area contributed by atoms with Crippen LogP contribution in [0.15, 0.2) is 54.9 Å². The summed E-state index contributed by atoms with van der Waals surface area (Å²) in [7, 11) is 0. The predicted molar refractivity (Wildman–Crippen MR) is 111 cm³/mol. The number of hydrogen-bond acceptors (Lipinski definition) is 5. The van der Waals surface area contributed by atoms with E-state index in [9.17, 15) is 21.9 Å². The van der Waals surface area contributed by atoms with Crippen molar-refractivity contribution in [2.75, 3.05) is 0 Å². The summed E-state index contributed by atoms with van der Waals surface area (Å²) in [5.74, 6) is -0.0895. The fraction of sp³-hybridized carbons (Fsp3) is 0.143. The first-order valence-corrected chi connectivity index (χ1v) is 10.9. The Hall–Kier alpha value is -2.62. The first-order valence-electron chi connectivity index (χ1n) is 8.81. The SMILES string of the molecule is Cc1cnc2c(C(F)(F)F)cccc2c1-c1ncc(-c2cccc(CS(=O)[O-])c2)s1. The standard InChI is InChI=1S/C21H15F3N2O2S2/c1-12-9-25-19-15(6-3-7-16(19)21(22,23)24)18(12)20-26-10-17(29-20)14-5-2-4-13(8-14)11-30(27)28/h2-10H,11H2,1H3,(H,27,28)/p-1. The van der Waals surface area contributed by atoms with E-state index in [1.807, 2.05) is 6.07 Å². The van der Waals surface area contributed by atoms with Gasteiger partial charge in [0.1, 0.15) is 5.01 Å². The van der Waals surface area contributed by atoms with Gasteiger partial charge in [0.15, 0.2) is 0 Å². The van der Waals surface area contributed by atoms with Crippen LogP contribution in [-0.2, 0) is 23.0 Å². The van der Waals surface area contributed by atoms with Crippen molar-refractivity contribution in [3.05, 3.63) is 71.5 Å². The lowest BCUT2D eigenvalue weighted by Crippen LogP contribution is -2.07. The Morgan fingerprint density at radius 1 is 1.10 bits per heavy atom. The molecule has 0 spiro atoms. The van der Waals surface area contributed by atoms with Gasteiger partial charge in [0.25, 0.3) is 0 Å². The lowest BCUT2D eigenvalue weighted by molar-refractivity contribution is -0.136. The summed E-state index contributed by atoms with van der Waals surface area (Å²) >= 11 is -0.860. The van der Waals surface area contributed by atoms with Crippen molar-refractivity contribution < 1.29 is 21.9 Å². The molecule has 4 nitrogen and oxygen atoms in total. The van der Waals surface area contributed by atoms with Crippen molar-refractivity contribution in [3.63, 3.8) is 0 Å². The van der Waals surface area contributed by atoms with Gasteiger partial charge < -0.3 is 4.55 Å². The van der Waals surface area contributed by atoms with Crippen LogP contribution in [0.3, 0.4) is 0 Å². The van der Waals surface area contributed by atoms with E-state index >= 15 is 0 Å². The Labute approximate surface area is 176 Å². The maximum atomic E-state index is 13.4. The number of aryl methyl sites for hydroxylation is 1. The molecule has 4 rings (SSSR count). The number of rotatable bonds is 4. The second-order valence-corrected chi connectivity index (χ2v) is 8.62. The molecule has 0 radical (unpaired) electrons. The summed E-state index contributed by atoms with van der Waals surface area (Å²) in [5.41, 5.74) is 1.89. The van der Waals surface area contributed by atoms with Crippen molar-refractivity contribution in [1.82, 2.24) is 9.97 Å². The molecule has 2 aromatic heterocycles. The number of pyridine rings is 1. The third-order valence-corrected chi connectivity index (χ3v) is 6.24. The van der Waals surface area contributed by atoms with Gasteiger partial charge in [0, 0.05) is 29.1 Å². The van der Waals surface area contributed by atoms with Gasteiger partial charge in [-0.25, -0.2) is 4.98 Å². The van der Waals surface area contributed by atoms with Gasteiger partial charge >= 0.3 is 6.18 Å². The minimum Gasteiger partial charge on any atom is -0.772 e. The van der Waals surface area contributed by atoms with Gasteiger partial charge in [-0.15, -0.1) is 11.3 Å². The lowest BCUT2D eigenvalue weighted by Gasteiger charge is -2.12. The molecule has 0 aliphatic heterocycles. The molecule has 0 saturated heterocycles. The van der Waals surface area contributed by atoms with E-state index in [4.69, 9.17) is 0 Å². The van der Waals surface area contributed by atoms with Gasteiger partial charge in [-0.05, 0) is 35.7 Å². The molecule has 4 aromatic rings. The highest BCUT2D eigenvalue weighted by Crippen LogP contribution is 2.40. The van der Waals surface area contributed by atoms with E-state index in [2.05, 4.69) is 9.97 Å². The largest absolute Gasteiger partial charge is 0.772 e. The molecular formula is C21H14F3N2O2S2-. The summed E-state index contributed by atoms with van der Waals surface area (Å²) in [6, 6.07) is 11.1. The highest BCUT2D eigenvalue weighted by molar-refractivity contribution is 7.78. The number of nitrogens with zero attached hydrogens (tertiary/aromatic N) is 2. The number of benzene rings is 2. The summed E-state index contributed by atoms with van der Waals surface area (Å²) in [5, 5.41) is 0.966. The number of halogens is 3. The second kappa shape index (κ2) is 7.90. The highest BCUT2D eigenvalue weighted by Gasteiger charge is 2.33. The van der Waals surface area contributed by atoms with E-state index in [0.29, 0.717) is 21.5 Å². The summed E-state index contributed by atoms with van der Waals surface area (Å²) < 4.78 is 62.2. The quantitative estimate of drug-likeness (QED) is 0.375. The third kappa shape index (κ3) is 4.00. The van der Waals surface area contributed by atoms with Crippen LogP contribution in [0.25, 0.3) is 31.9 Å². The molecule has 0 saturated carbocycles. The van der Waals surface area contributed by atoms with Crippen LogP contribution in [0, 0.1) is 6.92 Å². The molecule has 1 atom stereocenters. The van der Waals surface area contributed by atoms with Gasteiger partial charge in [-0.1, -0.05) is 41.4 Å². The first kappa shape index (κ1) is 20.6. The van der Waals surface area contributed by atoms with Crippen molar-refractivity contribution >= 4 is 33.3 Å².